The maximum absolute atomic E-state index is 12.1. The van der Waals surface area contributed by atoms with E-state index in [-0.39, 0.29) is 11.1 Å². The van der Waals surface area contributed by atoms with Gasteiger partial charge in [0.05, 0.1) is 16.5 Å². The molecule has 0 N–H and O–H groups in total. The van der Waals surface area contributed by atoms with Crippen LogP contribution in [0.1, 0.15) is 11.1 Å². The minimum absolute atomic E-state index is 0.285. The normalized spacial score (nSPS) is 15.3. The molecule has 2 amide bonds. The summed E-state index contributed by atoms with van der Waals surface area (Å²) in [4.78, 5) is 25.3. The number of ether oxygens (including phenoxy) is 2. The first kappa shape index (κ1) is 20.5. The minimum Gasteiger partial charge on any atom is -0.493 e. The van der Waals surface area contributed by atoms with Crippen LogP contribution in [-0.2, 0) is 11.4 Å². The van der Waals surface area contributed by atoms with Gasteiger partial charge in [-0.2, -0.15) is 0 Å². The molecule has 0 atom stereocenters. The van der Waals surface area contributed by atoms with Gasteiger partial charge in [-0.25, -0.2) is 0 Å². The molecule has 0 aromatic heterocycles. The van der Waals surface area contributed by atoms with Crippen LogP contribution in [-0.4, -0.2) is 30.2 Å². The fourth-order valence-electron chi connectivity index (χ4n) is 3.23. The van der Waals surface area contributed by atoms with E-state index in [1.165, 1.54) is 7.05 Å². The van der Waals surface area contributed by atoms with Gasteiger partial charge in [0.25, 0.3) is 11.1 Å². The van der Waals surface area contributed by atoms with Crippen molar-refractivity contribution < 1.29 is 19.1 Å². The minimum atomic E-state index is -0.309. The van der Waals surface area contributed by atoms with Crippen LogP contribution in [0.2, 0.25) is 0 Å². The van der Waals surface area contributed by atoms with E-state index >= 15 is 0 Å². The summed E-state index contributed by atoms with van der Waals surface area (Å²) < 4.78 is 12.3. The van der Waals surface area contributed by atoms with E-state index in [1.54, 1.807) is 19.3 Å². The van der Waals surface area contributed by atoms with Gasteiger partial charge >= 0.3 is 0 Å². The Balaban J connectivity index is 1.62. The standard InChI is InChI=1S/C23H18BrNO4S/c1-25-22(26)20(30-23(25)27)12-14-10-18(24)21(19(11-14)28-2)29-13-16-8-5-7-15-6-3-4-9-17(15)16/h3-12H,13H2,1-2H3/b20-12+. The number of carbonyl (C=O) groups excluding carboxylic acids is 2. The van der Waals surface area contributed by atoms with Gasteiger partial charge in [-0.3, -0.25) is 14.5 Å². The summed E-state index contributed by atoms with van der Waals surface area (Å²) in [6.45, 7) is 0.379. The molecule has 5 nitrogen and oxygen atoms in total. The van der Waals surface area contributed by atoms with Crippen LogP contribution in [0.4, 0.5) is 4.79 Å². The predicted molar refractivity (Wildman–Crippen MR) is 123 cm³/mol. The molecular formula is C23H18BrNO4S. The van der Waals surface area contributed by atoms with Crippen LogP contribution in [0.25, 0.3) is 16.8 Å². The Kier molecular flexibility index (Phi) is 5.83. The van der Waals surface area contributed by atoms with Crippen LogP contribution < -0.4 is 9.47 Å². The Morgan fingerprint density at radius 3 is 2.60 bits per heavy atom. The number of carbonyl (C=O) groups is 2. The quantitative estimate of drug-likeness (QED) is 0.425. The molecule has 7 heteroatoms. The second-order valence-corrected chi connectivity index (χ2v) is 8.55. The molecule has 4 rings (SSSR count). The largest absolute Gasteiger partial charge is 0.493 e. The maximum atomic E-state index is 12.1. The van der Waals surface area contributed by atoms with E-state index in [2.05, 4.69) is 34.1 Å². The Hall–Kier alpha value is -2.77. The fourth-order valence-corrected chi connectivity index (χ4v) is 4.63. The molecule has 1 fully saturated rings. The number of fused-ring (bicyclic) bond motifs is 1. The number of halogens is 1. The average molecular weight is 484 g/mol. The van der Waals surface area contributed by atoms with Crippen molar-refractivity contribution in [3.05, 3.63) is 75.1 Å². The SMILES string of the molecule is COc1cc(/C=C2/SC(=O)N(C)C2=O)cc(Br)c1OCc1cccc2ccccc12. The molecule has 3 aromatic carbocycles. The fraction of sp³-hybridized carbons (Fsp3) is 0.130. The summed E-state index contributed by atoms with van der Waals surface area (Å²) in [7, 11) is 3.04. The van der Waals surface area contributed by atoms with Crippen molar-refractivity contribution in [2.24, 2.45) is 0 Å². The Morgan fingerprint density at radius 2 is 1.87 bits per heavy atom. The molecule has 0 spiro atoms. The summed E-state index contributed by atoms with van der Waals surface area (Å²) in [5.74, 6) is 0.800. The van der Waals surface area contributed by atoms with E-state index < -0.39 is 0 Å². The van der Waals surface area contributed by atoms with Gasteiger partial charge in [-0.05, 0) is 67.8 Å². The number of hydrogen-bond acceptors (Lipinski definition) is 5. The lowest BCUT2D eigenvalue weighted by Crippen LogP contribution is -2.22. The number of rotatable bonds is 5. The van der Waals surface area contributed by atoms with Gasteiger partial charge in [0.2, 0.25) is 0 Å². The highest BCUT2D eigenvalue weighted by Crippen LogP contribution is 2.39. The molecule has 1 aliphatic rings. The first-order valence-corrected chi connectivity index (χ1v) is 10.8. The van der Waals surface area contributed by atoms with Crippen molar-refractivity contribution in [3.63, 3.8) is 0 Å². The molecule has 0 radical (unpaired) electrons. The summed E-state index contributed by atoms with van der Waals surface area (Å²) in [6.07, 6.45) is 1.68. The highest BCUT2D eigenvalue weighted by atomic mass is 79.9. The molecule has 1 heterocycles. The van der Waals surface area contributed by atoms with Gasteiger partial charge in [0.15, 0.2) is 11.5 Å². The van der Waals surface area contributed by atoms with Crippen LogP contribution in [0.3, 0.4) is 0 Å². The number of hydrogen-bond donors (Lipinski definition) is 0. The Bertz CT molecular complexity index is 1190. The zero-order valence-electron chi connectivity index (χ0n) is 16.3. The van der Waals surface area contributed by atoms with Gasteiger partial charge in [-0.15, -0.1) is 0 Å². The number of benzene rings is 3. The number of methoxy groups -OCH3 is 1. The third-order valence-electron chi connectivity index (χ3n) is 4.79. The van der Waals surface area contributed by atoms with Gasteiger partial charge < -0.3 is 9.47 Å². The monoisotopic (exact) mass is 483 g/mol. The summed E-state index contributed by atoms with van der Waals surface area (Å²) in [6, 6.07) is 17.9. The zero-order chi connectivity index (χ0) is 21.3. The van der Waals surface area contributed by atoms with E-state index in [0.717, 1.165) is 38.6 Å². The molecule has 0 saturated carbocycles. The third-order valence-corrected chi connectivity index (χ3v) is 6.34. The van der Waals surface area contributed by atoms with Crippen LogP contribution in [0.5, 0.6) is 11.5 Å². The summed E-state index contributed by atoms with van der Waals surface area (Å²) in [5, 5.41) is 2.01. The van der Waals surface area contributed by atoms with Gasteiger partial charge in [-0.1, -0.05) is 42.5 Å². The lowest BCUT2D eigenvalue weighted by Gasteiger charge is -2.15. The lowest BCUT2D eigenvalue weighted by molar-refractivity contribution is -0.121. The van der Waals surface area contributed by atoms with Crippen molar-refractivity contribution in [2.75, 3.05) is 14.2 Å². The van der Waals surface area contributed by atoms with Gasteiger partial charge in [0, 0.05) is 7.05 Å². The smallest absolute Gasteiger partial charge is 0.293 e. The van der Waals surface area contributed by atoms with E-state index in [0.29, 0.717) is 27.5 Å². The van der Waals surface area contributed by atoms with Crippen molar-refractivity contribution in [1.29, 1.82) is 0 Å². The number of thioether (sulfide) groups is 1. The molecule has 0 bridgehead atoms. The highest BCUT2D eigenvalue weighted by molar-refractivity contribution is 9.10. The van der Waals surface area contributed by atoms with Crippen LogP contribution in [0, 0.1) is 0 Å². The van der Waals surface area contributed by atoms with E-state index in [9.17, 15) is 9.59 Å². The topological polar surface area (TPSA) is 55.8 Å². The van der Waals surface area contributed by atoms with Crippen molar-refractivity contribution >= 4 is 55.7 Å². The van der Waals surface area contributed by atoms with E-state index in [1.807, 2.05) is 30.3 Å². The number of amides is 2. The molecular weight excluding hydrogens is 466 g/mol. The first-order valence-electron chi connectivity index (χ1n) is 9.16. The lowest BCUT2D eigenvalue weighted by atomic mass is 10.1. The van der Waals surface area contributed by atoms with E-state index in [4.69, 9.17) is 9.47 Å². The molecule has 3 aromatic rings. The van der Waals surface area contributed by atoms with Crippen molar-refractivity contribution in [3.8, 4) is 11.5 Å². The van der Waals surface area contributed by atoms with Crippen molar-refractivity contribution in [1.82, 2.24) is 4.90 Å². The molecule has 0 unspecified atom stereocenters. The third kappa shape index (κ3) is 3.95. The Labute approximate surface area is 186 Å². The predicted octanol–water partition coefficient (Wildman–Crippen LogP) is 5.86. The molecule has 30 heavy (non-hydrogen) atoms. The Morgan fingerprint density at radius 1 is 1.10 bits per heavy atom. The number of nitrogens with zero attached hydrogens (tertiary/aromatic N) is 1. The van der Waals surface area contributed by atoms with Gasteiger partial charge in [0.1, 0.15) is 6.61 Å². The molecule has 152 valence electrons. The molecule has 0 aliphatic carbocycles. The summed E-state index contributed by atoms with van der Waals surface area (Å²) in [5.41, 5.74) is 1.80. The average Bonchev–Trinajstić information content (AvgIpc) is 2.99. The second kappa shape index (κ2) is 8.53. The van der Waals surface area contributed by atoms with Crippen molar-refractivity contribution in [2.45, 2.75) is 6.61 Å². The maximum Gasteiger partial charge on any atom is 0.293 e. The highest BCUT2D eigenvalue weighted by Gasteiger charge is 2.31. The van der Waals surface area contributed by atoms with Crippen LogP contribution in [0.15, 0.2) is 64.0 Å². The molecule has 1 aliphatic heterocycles. The summed E-state index contributed by atoms with van der Waals surface area (Å²) >= 11 is 4.47. The number of likely N-dealkylation sites (N-methyl/N-ethyl adjacent to an activating group) is 1. The molecule has 1 saturated heterocycles. The zero-order valence-corrected chi connectivity index (χ0v) is 18.7. The van der Waals surface area contributed by atoms with Crippen LogP contribution >= 0.6 is 27.7 Å². The number of imide groups is 1. The second-order valence-electron chi connectivity index (χ2n) is 6.70. The first-order chi connectivity index (χ1) is 14.5.